The van der Waals surface area contributed by atoms with Crippen molar-refractivity contribution in [3.05, 3.63) is 59.2 Å². The average Bonchev–Trinajstić information content (AvgIpc) is 2.81. The minimum Gasteiger partial charge on any atom is -0.490 e. The minimum absolute atomic E-state index is 0.0534. The second-order valence-corrected chi connectivity index (χ2v) is 8.91. The Morgan fingerprint density at radius 2 is 1.65 bits per heavy atom. The van der Waals surface area contributed by atoms with Crippen LogP contribution in [0.5, 0.6) is 11.5 Å². The summed E-state index contributed by atoms with van der Waals surface area (Å²) in [7, 11) is 0. The van der Waals surface area contributed by atoms with Gasteiger partial charge in [-0.2, -0.15) is 0 Å². The van der Waals surface area contributed by atoms with Crippen LogP contribution in [0.25, 0.3) is 0 Å². The molecule has 2 aromatic rings. The molecule has 2 amide bonds. The van der Waals surface area contributed by atoms with Crippen LogP contribution in [0.1, 0.15) is 57.7 Å². The van der Waals surface area contributed by atoms with E-state index in [2.05, 4.69) is 19.2 Å². The summed E-state index contributed by atoms with van der Waals surface area (Å²) in [4.78, 5) is 27.9. The maximum absolute atomic E-state index is 13.4. The van der Waals surface area contributed by atoms with Crippen molar-refractivity contribution < 1.29 is 19.1 Å². The van der Waals surface area contributed by atoms with Gasteiger partial charge in [0.05, 0.1) is 13.2 Å². The lowest BCUT2D eigenvalue weighted by molar-refractivity contribution is -0.140. The Morgan fingerprint density at radius 3 is 2.29 bits per heavy atom. The number of benzene rings is 2. The number of carbonyl (C=O) groups excluding carboxylic acids is 2. The van der Waals surface area contributed by atoms with Gasteiger partial charge in [0.2, 0.25) is 11.8 Å². The molecule has 2 rings (SSSR count). The number of amides is 2. The summed E-state index contributed by atoms with van der Waals surface area (Å²) >= 11 is 0. The van der Waals surface area contributed by atoms with Crippen molar-refractivity contribution in [3.8, 4) is 11.5 Å². The standard InChI is InChI=1S/C28H40N2O4/c1-7-33-25-15-13-23(17-26(25)34-8-2)14-16-27(31)30(19-24-12-10-9-11-21(24)5)22(6)28(32)29-18-20(3)4/h9-13,15,17,20,22H,7-8,14,16,18-19H2,1-6H3,(H,29,32)/t22-/m1/s1. The van der Waals surface area contributed by atoms with Crippen LogP contribution in [0.15, 0.2) is 42.5 Å². The lowest BCUT2D eigenvalue weighted by atomic mass is 10.0. The van der Waals surface area contributed by atoms with Crippen molar-refractivity contribution >= 4 is 11.8 Å². The van der Waals surface area contributed by atoms with Gasteiger partial charge in [-0.1, -0.05) is 44.2 Å². The fraction of sp³-hybridized carbons (Fsp3) is 0.500. The summed E-state index contributed by atoms with van der Waals surface area (Å²) in [6.07, 6.45) is 0.850. The molecule has 0 bridgehead atoms. The van der Waals surface area contributed by atoms with Gasteiger partial charge in [-0.3, -0.25) is 9.59 Å². The molecule has 1 atom stereocenters. The smallest absolute Gasteiger partial charge is 0.242 e. The molecule has 2 aromatic carbocycles. The van der Waals surface area contributed by atoms with Crippen molar-refractivity contribution in [2.45, 2.75) is 67.0 Å². The summed E-state index contributed by atoms with van der Waals surface area (Å²) in [6.45, 7) is 13.9. The lowest BCUT2D eigenvalue weighted by Gasteiger charge is -2.29. The summed E-state index contributed by atoms with van der Waals surface area (Å²) in [5.41, 5.74) is 3.13. The van der Waals surface area contributed by atoms with Crippen LogP contribution in [0.2, 0.25) is 0 Å². The molecular formula is C28H40N2O4. The highest BCUT2D eigenvalue weighted by molar-refractivity contribution is 5.87. The molecule has 6 heteroatoms. The van der Waals surface area contributed by atoms with Crippen LogP contribution in [0, 0.1) is 12.8 Å². The minimum atomic E-state index is -0.565. The Hall–Kier alpha value is -3.02. The summed E-state index contributed by atoms with van der Waals surface area (Å²) < 4.78 is 11.4. The first-order valence-electron chi connectivity index (χ1n) is 12.3. The van der Waals surface area contributed by atoms with Crippen molar-refractivity contribution in [2.75, 3.05) is 19.8 Å². The summed E-state index contributed by atoms with van der Waals surface area (Å²) in [5, 5.41) is 2.97. The van der Waals surface area contributed by atoms with Crippen LogP contribution in [0.3, 0.4) is 0 Å². The zero-order valence-corrected chi connectivity index (χ0v) is 21.5. The number of aryl methyl sites for hydroxylation is 2. The number of nitrogens with one attached hydrogen (secondary N) is 1. The van der Waals surface area contributed by atoms with Gasteiger partial charge in [0, 0.05) is 19.5 Å². The molecule has 0 aromatic heterocycles. The summed E-state index contributed by atoms with van der Waals surface area (Å²) in [5.74, 6) is 1.55. The Labute approximate surface area is 204 Å². The molecule has 0 saturated carbocycles. The van der Waals surface area contributed by atoms with E-state index in [1.165, 1.54) is 0 Å². The van der Waals surface area contributed by atoms with Crippen molar-refractivity contribution in [3.63, 3.8) is 0 Å². The van der Waals surface area contributed by atoms with E-state index in [0.717, 1.165) is 16.7 Å². The van der Waals surface area contributed by atoms with Gasteiger partial charge in [-0.05, 0) is 68.9 Å². The van der Waals surface area contributed by atoms with Crippen LogP contribution in [-0.4, -0.2) is 42.5 Å². The molecule has 0 spiro atoms. The van der Waals surface area contributed by atoms with Gasteiger partial charge in [0.15, 0.2) is 11.5 Å². The molecule has 0 aliphatic rings. The zero-order chi connectivity index (χ0) is 25.1. The first-order chi connectivity index (χ1) is 16.3. The number of ether oxygens (including phenoxy) is 2. The maximum Gasteiger partial charge on any atom is 0.242 e. The monoisotopic (exact) mass is 468 g/mol. The molecule has 0 fully saturated rings. The van der Waals surface area contributed by atoms with Crippen LogP contribution in [-0.2, 0) is 22.6 Å². The quantitative estimate of drug-likeness (QED) is 0.453. The molecule has 0 aliphatic heterocycles. The number of hydrogen-bond donors (Lipinski definition) is 1. The van der Waals surface area contributed by atoms with E-state index in [-0.39, 0.29) is 11.8 Å². The van der Waals surface area contributed by atoms with Crippen LogP contribution < -0.4 is 14.8 Å². The Kier molecular flexibility index (Phi) is 10.9. The summed E-state index contributed by atoms with van der Waals surface area (Å²) in [6, 6.07) is 13.2. The van der Waals surface area contributed by atoms with E-state index in [1.54, 1.807) is 11.8 Å². The van der Waals surface area contributed by atoms with E-state index in [9.17, 15) is 9.59 Å². The van der Waals surface area contributed by atoms with E-state index >= 15 is 0 Å². The molecule has 0 heterocycles. The Balaban J connectivity index is 2.18. The highest BCUT2D eigenvalue weighted by Gasteiger charge is 2.26. The zero-order valence-electron chi connectivity index (χ0n) is 21.5. The molecular weight excluding hydrogens is 428 g/mol. The van der Waals surface area contributed by atoms with Gasteiger partial charge in [-0.25, -0.2) is 0 Å². The third kappa shape index (κ3) is 8.08. The fourth-order valence-electron chi connectivity index (χ4n) is 3.65. The van der Waals surface area contributed by atoms with Crippen molar-refractivity contribution in [2.24, 2.45) is 5.92 Å². The van der Waals surface area contributed by atoms with Gasteiger partial charge >= 0.3 is 0 Å². The maximum atomic E-state index is 13.4. The molecule has 34 heavy (non-hydrogen) atoms. The Morgan fingerprint density at radius 1 is 0.971 bits per heavy atom. The molecule has 0 saturated heterocycles. The van der Waals surface area contributed by atoms with Crippen molar-refractivity contribution in [1.29, 1.82) is 0 Å². The van der Waals surface area contributed by atoms with Gasteiger partial charge in [0.1, 0.15) is 6.04 Å². The fourth-order valence-corrected chi connectivity index (χ4v) is 3.65. The second kappa shape index (κ2) is 13.6. The SMILES string of the molecule is CCOc1ccc(CCC(=O)N(Cc2ccccc2C)[C@H](C)C(=O)NCC(C)C)cc1OCC. The Bertz CT molecular complexity index is 942. The molecule has 186 valence electrons. The largest absolute Gasteiger partial charge is 0.490 e. The van der Waals surface area contributed by atoms with E-state index in [1.807, 2.05) is 63.2 Å². The van der Waals surface area contributed by atoms with Gasteiger partial charge < -0.3 is 19.7 Å². The lowest BCUT2D eigenvalue weighted by Crippen LogP contribution is -2.48. The van der Waals surface area contributed by atoms with Gasteiger partial charge in [0.25, 0.3) is 0 Å². The normalized spacial score (nSPS) is 11.7. The third-order valence-electron chi connectivity index (χ3n) is 5.69. The molecule has 1 N–H and O–H groups in total. The van der Waals surface area contributed by atoms with Gasteiger partial charge in [-0.15, -0.1) is 0 Å². The number of carbonyl (C=O) groups is 2. The molecule has 6 nitrogen and oxygen atoms in total. The number of hydrogen-bond acceptors (Lipinski definition) is 4. The molecule has 0 aliphatic carbocycles. The topological polar surface area (TPSA) is 67.9 Å². The third-order valence-corrected chi connectivity index (χ3v) is 5.69. The van der Waals surface area contributed by atoms with E-state index in [4.69, 9.17) is 9.47 Å². The van der Waals surface area contributed by atoms with Crippen molar-refractivity contribution in [1.82, 2.24) is 10.2 Å². The predicted molar refractivity (Wildman–Crippen MR) is 136 cm³/mol. The first kappa shape index (κ1) is 27.2. The number of nitrogens with zero attached hydrogens (tertiary/aromatic N) is 1. The van der Waals surface area contributed by atoms with Crippen LogP contribution >= 0.6 is 0 Å². The predicted octanol–water partition coefficient (Wildman–Crippen LogP) is 4.91. The van der Waals surface area contributed by atoms with E-state index < -0.39 is 6.04 Å². The second-order valence-electron chi connectivity index (χ2n) is 8.91. The average molecular weight is 469 g/mol. The first-order valence-corrected chi connectivity index (χ1v) is 12.3. The highest BCUT2D eigenvalue weighted by atomic mass is 16.5. The van der Waals surface area contributed by atoms with Crippen LogP contribution in [0.4, 0.5) is 0 Å². The van der Waals surface area contributed by atoms with E-state index in [0.29, 0.717) is 56.6 Å². The molecule has 0 radical (unpaired) electrons. The number of rotatable bonds is 13. The highest BCUT2D eigenvalue weighted by Crippen LogP contribution is 2.29. The molecule has 0 unspecified atom stereocenters.